The molecule has 8 nitrogen and oxygen atoms in total. The van der Waals surface area contributed by atoms with Crippen LogP contribution in [0.4, 0.5) is 5.69 Å². The zero-order chi connectivity index (χ0) is 26.4. The average molecular weight is 529 g/mol. The number of benzene rings is 3. The van der Waals surface area contributed by atoms with Gasteiger partial charge in [-0.15, -0.1) is 11.3 Å². The molecule has 0 saturated carbocycles. The molecule has 4 aromatic rings. The van der Waals surface area contributed by atoms with Crippen LogP contribution in [0, 0.1) is 0 Å². The monoisotopic (exact) mass is 528 g/mol. The van der Waals surface area contributed by atoms with Gasteiger partial charge >= 0.3 is 0 Å². The van der Waals surface area contributed by atoms with Gasteiger partial charge in [-0.3, -0.25) is 9.59 Å². The molecule has 1 aliphatic heterocycles. The van der Waals surface area contributed by atoms with E-state index < -0.39 is 11.6 Å². The molecule has 1 fully saturated rings. The molecule has 0 spiro atoms. The minimum absolute atomic E-state index is 0.00819. The van der Waals surface area contributed by atoms with Gasteiger partial charge in [-0.05, 0) is 54.3 Å². The van der Waals surface area contributed by atoms with E-state index in [0.29, 0.717) is 62.0 Å². The summed E-state index contributed by atoms with van der Waals surface area (Å²) in [6.07, 6.45) is 1.87. The number of nitrogens with two attached hydrogens (primary N) is 3. The van der Waals surface area contributed by atoms with Crippen LogP contribution >= 0.6 is 11.3 Å². The van der Waals surface area contributed by atoms with Gasteiger partial charge in [0.05, 0.1) is 21.7 Å². The number of hydrogen-bond acceptors (Lipinski definition) is 8. The Morgan fingerprint density at radius 1 is 1.08 bits per heavy atom. The third-order valence-corrected chi connectivity index (χ3v) is 8.58. The highest BCUT2D eigenvalue weighted by Crippen LogP contribution is 2.49. The Balaban J connectivity index is 1.39. The average Bonchev–Trinajstić information content (AvgIpc) is 3.60. The summed E-state index contributed by atoms with van der Waals surface area (Å²) in [6, 6.07) is 18.9. The highest BCUT2D eigenvalue weighted by Gasteiger charge is 2.48. The van der Waals surface area contributed by atoms with Gasteiger partial charge in [0.1, 0.15) is 17.0 Å². The van der Waals surface area contributed by atoms with Gasteiger partial charge in [-0.2, -0.15) is 0 Å². The first-order valence-corrected chi connectivity index (χ1v) is 13.4. The van der Waals surface area contributed by atoms with Crippen molar-refractivity contribution < 1.29 is 19.1 Å². The van der Waals surface area contributed by atoms with Crippen LogP contribution in [0.1, 0.15) is 45.2 Å². The van der Waals surface area contributed by atoms with E-state index in [0.717, 1.165) is 12.8 Å². The summed E-state index contributed by atoms with van der Waals surface area (Å²) >= 11 is 1.24. The number of ketones is 1. The second kappa shape index (κ2) is 9.52. The van der Waals surface area contributed by atoms with Crippen molar-refractivity contribution in [2.24, 2.45) is 11.5 Å². The van der Waals surface area contributed by atoms with Crippen molar-refractivity contribution in [3.8, 4) is 11.5 Å². The molecule has 0 radical (unpaired) electrons. The first kappa shape index (κ1) is 24.6. The van der Waals surface area contributed by atoms with E-state index in [1.54, 1.807) is 36.4 Å². The van der Waals surface area contributed by atoms with Crippen LogP contribution in [0.25, 0.3) is 10.1 Å². The van der Waals surface area contributed by atoms with E-state index in [2.05, 4.69) is 5.32 Å². The topological polar surface area (TPSA) is 143 Å². The van der Waals surface area contributed by atoms with E-state index in [1.165, 1.54) is 11.3 Å². The van der Waals surface area contributed by atoms with E-state index in [4.69, 9.17) is 26.7 Å². The maximum atomic E-state index is 13.9. The van der Waals surface area contributed by atoms with Crippen molar-refractivity contribution in [2.75, 3.05) is 18.9 Å². The quantitative estimate of drug-likeness (QED) is 0.277. The van der Waals surface area contributed by atoms with Crippen LogP contribution in [-0.2, 0) is 15.1 Å². The Labute approximate surface area is 223 Å². The lowest BCUT2D eigenvalue weighted by molar-refractivity contribution is -0.124. The van der Waals surface area contributed by atoms with Crippen LogP contribution in [0.2, 0.25) is 0 Å². The molecule has 2 aliphatic rings. The van der Waals surface area contributed by atoms with Crippen molar-refractivity contribution in [3.63, 3.8) is 0 Å². The number of thiophene rings is 1. The number of nitrogen functional groups attached to an aromatic ring is 1. The molecule has 3 unspecified atom stereocenters. The Morgan fingerprint density at radius 2 is 1.82 bits per heavy atom. The molecular weight excluding hydrogens is 500 g/mol. The molecule has 7 N–H and O–H groups in total. The van der Waals surface area contributed by atoms with Crippen LogP contribution in [0.5, 0.6) is 11.5 Å². The van der Waals surface area contributed by atoms with E-state index in [-0.39, 0.29) is 17.8 Å². The zero-order valence-electron chi connectivity index (χ0n) is 20.6. The molecule has 38 heavy (non-hydrogen) atoms. The predicted molar refractivity (Wildman–Crippen MR) is 147 cm³/mol. The fraction of sp³-hybridized carbons (Fsp3) is 0.241. The van der Waals surface area contributed by atoms with Gasteiger partial charge in [-0.25, -0.2) is 0 Å². The fourth-order valence-corrected chi connectivity index (χ4v) is 6.57. The van der Waals surface area contributed by atoms with E-state index in [1.807, 2.05) is 30.3 Å². The van der Waals surface area contributed by atoms with E-state index in [9.17, 15) is 9.59 Å². The minimum atomic E-state index is -1.52. The molecule has 1 saturated heterocycles. The minimum Gasteiger partial charge on any atom is -0.457 e. The Kier molecular flexibility index (Phi) is 6.16. The molecule has 3 atom stereocenters. The lowest BCUT2D eigenvalue weighted by Gasteiger charge is -2.36. The third kappa shape index (κ3) is 3.95. The van der Waals surface area contributed by atoms with Crippen molar-refractivity contribution in [1.29, 1.82) is 0 Å². The highest BCUT2D eigenvalue weighted by atomic mass is 32.1. The number of carbonyl (C=O) groups excluding carboxylic acids is 2. The van der Waals surface area contributed by atoms with Crippen LogP contribution in [-0.4, -0.2) is 30.9 Å². The molecule has 194 valence electrons. The lowest BCUT2D eigenvalue weighted by Crippen LogP contribution is -2.52. The predicted octanol–water partition coefficient (Wildman–Crippen LogP) is 3.97. The van der Waals surface area contributed by atoms with Gasteiger partial charge in [0, 0.05) is 29.8 Å². The molecule has 1 aliphatic carbocycles. The number of rotatable bonds is 6. The second-order valence-electron chi connectivity index (χ2n) is 9.69. The molecule has 1 amide bonds. The van der Waals surface area contributed by atoms with Gasteiger partial charge in [-0.1, -0.05) is 36.4 Å². The van der Waals surface area contributed by atoms with Gasteiger partial charge < -0.3 is 32.0 Å². The van der Waals surface area contributed by atoms with E-state index >= 15 is 0 Å². The van der Waals surface area contributed by atoms with Crippen molar-refractivity contribution in [1.82, 2.24) is 5.32 Å². The standard InChI is InChI=1S/C29H28N4O4S/c30-21-13-12-20-22-23(26(38-25(21)22)28(35)33-15-19-7-4-14-36-19)24(31)27(34)29(20,32)16-8-10-18(11-9-16)37-17-5-2-1-3-6-17/h1-3,5-6,8-13,19,24H,4,7,14-15,30-32H2,(H,33,35). The summed E-state index contributed by atoms with van der Waals surface area (Å²) in [7, 11) is 0. The van der Waals surface area contributed by atoms with Crippen LogP contribution < -0.4 is 27.3 Å². The SMILES string of the molecule is Nc1ccc2c3c(c(C(=O)NCC4CCCO4)sc13)C(N)C(=O)C2(N)c1ccc(Oc2ccccc2)cc1. The van der Waals surface area contributed by atoms with Crippen LogP contribution in [0.3, 0.4) is 0 Å². The molecule has 9 heteroatoms. The molecular formula is C29H28N4O4S. The number of nitrogens with one attached hydrogen (secondary N) is 1. The summed E-state index contributed by atoms with van der Waals surface area (Å²) in [5, 5.41) is 3.62. The fourth-order valence-electron chi connectivity index (χ4n) is 5.35. The number of ether oxygens (including phenoxy) is 2. The molecule has 0 bridgehead atoms. The lowest BCUT2D eigenvalue weighted by atomic mass is 9.70. The smallest absolute Gasteiger partial charge is 0.261 e. The zero-order valence-corrected chi connectivity index (χ0v) is 21.4. The van der Waals surface area contributed by atoms with Crippen molar-refractivity contribution >= 4 is 38.8 Å². The third-order valence-electron chi connectivity index (χ3n) is 7.32. The van der Waals surface area contributed by atoms with Crippen LogP contribution in [0.15, 0.2) is 66.7 Å². The van der Waals surface area contributed by atoms with Crippen molar-refractivity contribution in [3.05, 3.63) is 88.3 Å². The summed E-state index contributed by atoms with van der Waals surface area (Å²) in [4.78, 5) is 27.5. The number of hydrogen-bond donors (Lipinski definition) is 4. The number of anilines is 1. The van der Waals surface area contributed by atoms with Crippen molar-refractivity contribution in [2.45, 2.75) is 30.5 Å². The molecule has 2 heterocycles. The first-order chi connectivity index (χ1) is 18.4. The number of carbonyl (C=O) groups is 2. The number of amides is 1. The summed E-state index contributed by atoms with van der Waals surface area (Å²) in [5.41, 5.74) is 20.4. The normalized spacial score (nSPS) is 22.5. The van der Waals surface area contributed by atoms with Gasteiger partial charge in [0.25, 0.3) is 5.91 Å². The summed E-state index contributed by atoms with van der Waals surface area (Å²) in [5.74, 6) is 0.628. The largest absolute Gasteiger partial charge is 0.457 e. The summed E-state index contributed by atoms with van der Waals surface area (Å²) < 4.78 is 12.2. The Bertz CT molecular complexity index is 1530. The molecule has 1 aromatic heterocycles. The molecule has 3 aromatic carbocycles. The molecule has 6 rings (SSSR count). The summed E-state index contributed by atoms with van der Waals surface area (Å²) in [6.45, 7) is 1.10. The Hall–Kier alpha value is -3.76. The van der Waals surface area contributed by atoms with Gasteiger partial charge in [0.2, 0.25) is 0 Å². The number of para-hydroxylation sites is 1. The number of Topliss-reactive ketones (excluding diaryl/α,β-unsaturated/α-hetero) is 1. The maximum Gasteiger partial charge on any atom is 0.261 e. The van der Waals surface area contributed by atoms with Gasteiger partial charge in [0.15, 0.2) is 5.78 Å². The first-order valence-electron chi connectivity index (χ1n) is 12.5. The second-order valence-corrected chi connectivity index (χ2v) is 10.7. The highest BCUT2D eigenvalue weighted by molar-refractivity contribution is 7.21. The maximum absolute atomic E-state index is 13.9. The Morgan fingerprint density at radius 3 is 2.53 bits per heavy atom.